The molecule has 0 saturated carbocycles. The highest BCUT2D eigenvalue weighted by molar-refractivity contribution is 7.92. The van der Waals surface area contributed by atoms with Crippen LogP contribution in [0.15, 0.2) is 47.4 Å². The van der Waals surface area contributed by atoms with E-state index in [2.05, 4.69) is 4.72 Å². The Morgan fingerprint density at radius 1 is 1.17 bits per heavy atom. The number of nitro benzene ring substituents is 1. The van der Waals surface area contributed by atoms with E-state index >= 15 is 0 Å². The monoisotopic (exact) mass is 334 g/mol. The molecule has 0 aliphatic carbocycles. The second-order valence-corrected chi connectivity index (χ2v) is 6.57. The molecule has 0 radical (unpaired) electrons. The molecule has 23 heavy (non-hydrogen) atoms. The number of nitrogens with zero attached hydrogens (tertiary/aromatic N) is 1. The molecule has 0 aliphatic heterocycles. The summed E-state index contributed by atoms with van der Waals surface area (Å²) in [4.78, 5) is 21.5. The van der Waals surface area contributed by atoms with Gasteiger partial charge in [0.15, 0.2) is 5.78 Å². The third kappa shape index (κ3) is 3.54. The molecular weight excluding hydrogens is 320 g/mol. The Labute approximate surface area is 133 Å². The van der Waals surface area contributed by atoms with Gasteiger partial charge in [-0.25, -0.2) is 8.42 Å². The SMILES string of the molecule is CC(=O)c1ccccc1NS(=O)(=O)c1cc([N+](=O)[O-])ccc1C. The Kier molecular flexibility index (Phi) is 4.46. The molecule has 2 aromatic carbocycles. The smallest absolute Gasteiger partial charge is 0.270 e. The number of carbonyl (C=O) groups is 1. The van der Waals surface area contributed by atoms with E-state index in [4.69, 9.17) is 0 Å². The molecule has 0 amide bonds. The van der Waals surface area contributed by atoms with Gasteiger partial charge in [0.05, 0.1) is 15.5 Å². The molecule has 0 fully saturated rings. The number of nitro groups is 1. The topological polar surface area (TPSA) is 106 Å². The summed E-state index contributed by atoms with van der Waals surface area (Å²) in [5, 5.41) is 10.8. The summed E-state index contributed by atoms with van der Waals surface area (Å²) in [6, 6.07) is 9.76. The van der Waals surface area contributed by atoms with Gasteiger partial charge in [0, 0.05) is 17.7 Å². The number of Topliss-reactive ketones (excluding diaryl/α,β-unsaturated/α-hetero) is 1. The lowest BCUT2D eigenvalue weighted by molar-refractivity contribution is -0.385. The number of hydrogen-bond acceptors (Lipinski definition) is 5. The van der Waals surface area contributed by atoms with Gasteiger partial charge in [-0.1, -0.05) is 18.2 Å². The molecule has 2 rings (SSSR count). The van der Waals surface area contributed by atoms with Gasteiger partial charge in [-0.05, 0) is 31.5 Å². The molecule has 0 aliphatic rings. The molecule has 0 atom stereocenters. The van der Waals surface area contributed by atoms with Gasteiger partial charge >= 0.3 is 0 Å². The van der Waals surface area contributed by atoms with Crippen molar-refractivity contribution in [3.05, 3.63) is 63.7 Å². The Bertz CT molecular complexity index is 890. The van der Waals surface area contributed by atoms with Crippen molar-refractivity contribution < 1.29 is 18.1 Å². The zero-order chi connectivity index (χ0) is 17.2. The van der Waals surface area contributed by atoms with Crippen LogP contribution in [-0.4, -0.2) is 19.1 Å². The van der Waals surface area contributed by atoms with Crippen LogP contribution in [0.3, 0.4) is 0 Å². The number of anilines is 1. The number of aryl methyl sites for hydroxylation is 1. The number of sulfonamides is 1. The van der Waals surface area contributed by atoms with Crippen LogP contribution in [0.5, 0.6) is 0 Å². The van der Waals surface area contributed by atoms with Crippen LogP contribution in [0.2, 0.25) is 0 Å². The number of carbonyl (C=O) groups excluding carboxylic acids is 1. The first-order chi connectivity index (χ1) is 10.7. The van der Waals surface area contributed by atoms with Crippen molar-refractivity contribution in [1.82, 2.24) is 0 Å². The van der Waals surface area contributed by atoms with Crippen LogP contribution >= 0.6 is 0 Å². The highest BCUT2D eigenvalue weighted by atomic mass is 32.2. The predicted octanol–water partition coefficient (Wildman–Crippen LogP) is 2.91. The van der Waals surface area contributed by atoms with Gasteiger partial charge in [0.2, 0.25) is 0 Å². The summed E-state index contributed by atoms with van der Waals surface area (Å²) in [7, 11) is -4.06. The van der Waals surface area contributed by atoms with E-state index in [1.807, 2.05) is 0 Å². The quantitative estimate of drug-likeness (QED) is 0.514. The maximum absolute atomic E-state index is 12.5. The Hall–Kier alpha value is -2.74. The summed E-state index contributed by atoms with van der Waals surface area (Å²) >= 11 is 0. The van der Waals surface area contributed by atoms with Gasteiger partial charge in [0.1, 0.15) is 0 Å². The maximum atomic E-state index is 12.5. The maximum Gasteiger partial charge on any atom is 0.270 e. The van der Waals surface area contributed by atoms with Crippen molar-refractivity contribution in [2.45, 2.75) is 18.7 Å². The molecule has 2 aromatic rings. The molecule has 0 bridgehead atoms. The Morgan fingerprint density at radius 2 is 1.83 bits per heavy atom. The summed E-state index contributed by atoms with van der Waals surface area (Å²) in [6.45, 7) is 2.86. The van der Waals surface area contributed by atoms with Gasteiger partial charge in [-0.3, -0.25) is 19.6 Å². The molecule has 120 valence electrons. The number of rotatable bonds is 5. The number of hydrogen-bond donors (Lipinski definition) is 1. The van der Waals surface area contributed by atoms with Gasteiger partial charge in [-0.15, -0.1) is 0 Å². The fraction of sp³-hybridized carbons (Fsp3) is 0.133. The van der Waals surface area contributed by atoms with Crippen molar-refractivity contribution in [3.8, 4) is 0 Å². The van der Waals surface area contributed by atoms with Crippen molar-refractivity contribution in [1.29, 1.82) is 0 Å². The average Bonchev–Trinajstić information content (AvgIpc) is 2.47. The minimum Gasteiger partial charge on any atom is -0.294 e. The zero-order valence-electron chi connectivity index (χ0n) is 12.4. The molecule has 0 spiro atoms. The third-order valence-electron chi connectivity index (χ3n) is 3.22. The lowest BCUT2D eigenvalue weighted by atomic mass is 10.1. The standard InChI is InChI=1S/C15H14N2O5S/c1-10-7-8-12(17(19)20)9-15(10)23(21,22)16-14-6-4-3-5-13(14)11(2)18/h3-9,16H,1-2H3. The Morgan fingerprint density at radius 3 is 2.43 bits per heavy atom. The van der Waals surface area contributed by atoms with E-state index in [1.165, 1.54) is 38.1 Å². The molecule has 0 saturated heterocycles. The minimum absolute atomic E-state index is 0.130. The predicted molar refractivity (Wildman–Crippen MR) is 85.1 cm³/mol. The second-order valence-electron chi connectivity index (χ2n) is 4.91. The molecule has 0 heterocycles. The first-order valence-electron chi connectivity index (χ1n) is 6.60. The second kappa shape index (κ2) is 6.17. The number of non-ortho nitro benzene ring substituents is 1. The Balaban J connectivity index is 2.50. The normalized spacial score (nSPS) is 11.0. The highest BCUT2D eigenvalue weighted by Gasteiger charge is 2.22. The lowest BCUT2D eigenvalue weighted by Gasteiger charge is -2.12. The van der Waals surface area contributed by atoms with E-state index in [9.17, 15) is 23.3 Å². The van der Waals surface area contributed by atoms with Crippen LogP contribution in [0.1, 0.15) is 22.8 Å². The van der Waals surface area contributed by atoms with E-state index < -0.39 is 14.9 Å². The van der Waals surface area contributed by atoms with Crippen molar-refractivity contribution in [3.63, 3.8) is 0 Å². The number of benzene rings is 2. The first-order valence-corrected chi connectivity index (χ1v) is 8.08. The van der Waals surface area contributed by atoms with Crippen LogP contribution in [0.25, 0.3) is 0 Å². The molecular formula is C15H14N2O5S. The number of nitrogens with one attached hydrogen (secondary N) is 1. The molecule has 0 unspecified atom stereocenters. The highest BCUT2D eigenvalue weighted by Crippen LogP contribution is 2.25. The first kappa shape index (κ1) is 16.6. The van der Waals surface area contributed by atoms with E-state index in [0.29, 0.717) is 5.56 Å². The van der Waals surface area contributed by atoms with E-state index in [0.717, 1.165) is 6.07 Å². The minimum atomic E-state index is -4.06. The van der Waals surface area contributed by atoms with E-state index in [1.54, 1.807) is 12.1 Å². The molecule has 7 nitrogen and oxygen atoms in total. The van der Waals surface area contributed by atoms with E-state index in [-0.39, 0.29) is 27.6 Å². The lowest BCUT2D eigenvalue weighted by Crippen LogP contribution is -2.16. The van der Waals surface area contributed by atoms with Crippen LogP contribution in [0, 0.1) is 17.0 Å². The average molecular weight is 334 g/mol. The zero-order valence-corrected chi connectivity index (χ0v) is 13.3. The fourth-order valence-corrected chi connectivity index (χ4v) is 3.42. The van der Waals surface area contributed by atoms with Crippen molar-refractivity contribution in [2.24, 2.45) is 0 Å². The number of para-hydroxylation sites is 1. The van der Waals surface area contributed by atoms with Crippen LogP contribution < -0.4 is 4.72 Å². The van der Waals surface area contributed by atoms with Crippen LogP contribution in [-0.2, 0) is 10.0 Å². The summed E-state index contributed by atoms with van der Waals surface area (Å²) < 4.78 is 27.4. The van der Waals surface area contributed by atoms with Gasteiger partial charge in [-0.2, -0.15) is 0 Å². The number of ketones is 1. The third-order valence-corrected chi connectivity index (χ3v) is 4.73. The fourth-order valence-electron chi connectivity index (χ4n) is 2.07. The summed E-state index contributed by atoms with van der Waals surface area (Å²) in [6.07, 6.45) is 0. The van der Waals surface area contributed by atoms with Crippen molar-refractivity contribution in [2.75, 3.05) is 4.72 Å². The molecule has 8 heteroatoms. The van der Waals surface area contributed by atoms with Crippen LogP contribution in [0.4, 0.5) is 11.4 Å². The summed E-state index contributed by atoms with van der Waals surface area (Å²) in [5.41, 5.74) is 0.393. The molecule has 1 N–H and O–H groups in total. The largest absolute Gasteiger partial charge is 0.294 e. The molecule has 0 aromatic heterocycles. The van der Waals surface area contributed by atoms with Crippen molar-refractivity contribution >= 4 is 27.2 Å². The van der Waals surface area contributed by atoms with Gasteiger partial charge in [0.25, 0.3) is 15.7 Å². The van der Waals surface area contributed by atoms with Gasteiger partial charge < -0.3 is 0 Å². The summed E-state index contributed by atoms with van der Waals surface area (Å²) in [5.74, 6) is -0.293.